The van der Waals surface area contributed by atoms with E-state index in [1.165, 1.54) is 0 Å². The molecule has 1 aliphatic heterocycles. The average Bonchev–Trinajstić information content (AvgIpc) is 2.48. The van der Waals surface area contributed by atoms with Gasteiger partial charge in [-0.15, -0.1) is 46.4 Å². The van der Waals surface area contributed by atoms with E-state index in [2.05, 4.69) is 0 Å². The van der Waals surface area contributed by atoms with Gasteiger partial charge in [0.15, 0.2) is 0 Å². The molecule has 0 bridgehead atoms. The predicted molar refractivity (Wildman–Crippen MR) is 78.8 cm³/mol. The van der Waals surface area contributed by atoms with Crippen molar-refractivity contribution >= 4 is 54.2 Å². The third kappa shape index (κ3) is 3.92. The van der Waals surface area contributed by atoms with Crippen molar-refractivity contribution in [1.29, 1.82) is 0 Å². The Balaban J connectivity index is 3.21. The molecule has 0 spiro atoms. The van der Waals surface area contributed by atoms with Crippen molar-refractivity contribution in [1.82, 2.24) is 0 Å². The van der Waals surface area contributed by atoms with Gasteiger partial charge in [-0.3, -0.25) is 9.05 Å². The van der Waals surface area contributed by atoms with Crippen molar-refractivity contribution in [2.75, 3.05) is 23.5 Å². The van der Waals surface area contributed by atoms with Crippen LogP contribution in [0.5, 0.6) is 0 Å². The molecule has 1 aliphatic rings. The molecule has 1 fully saturated rings. The molecule has 0 radical (unpaired) electrons. The quantitative estimate of drug-likeness (QED) is 0.513. The summed E-state index contributed by atoms with van der Waals surface area (Å²) in [4.78, 5) is 9.71. The second-order valence-corrected chi connectivity index (χ2v) is 7.21. The van der Waals surface area contributed by atoms with Crippen LogP contribution in [-0.2, 0) is 13.6 Å². The highest BCUT2D eigenvalue weighted by atomic mass is 35.5. The van der Waals surface area contributed by atoms with E-state index in [4.69, 9.17) is 55.5 Å². The van der Waals surface area contributed by atoms with E-state index in [1.807, 2.05) is 0 Å². The summed E-state index contributed by atoms with van der Waals surface area (Å²) in [6.07, 6.45) is 1.39. The Labute approximate surface area is 133 Å². The lowest BCUT2D eigenvalue weighted by Gasteiger charge is -2.41. The zero-order valence-electron chi connectivity index (χ0n) is 10.3. The molecule has 0 atom stereocenters. The number of alkyl halides is 4. The van der Waals surface area contributed by atoms with E-state index < -0.39 is 19.0 Å². The molecule has 0 saturated carbocycles. The van der Waals surface area contributed by atoms with Gasteiger partial charge in [-0.05, 0) is 25.7 Å². The minimum Gasteiger partial charge on any atom is -0.302 e. The van der Waals surface area contributed by atoms with Crippen molar-refractivity contribution < 1.29 is 18.5 Å². The van der Waals surface area contributed by atoms with E-state index in [0.29, 0.717) is 25.7 Å². The minimum absolute atomic E-state index is 0.257. The average molecular weight is 374 g/mol. The van der Waals surface area contributed by atoms with Gasteiger partial charge in [0, 0.05) is 23.5 Å². The molecule has 0 aliphatic carbocycles. The molecular weight excluding hydrogens is 357 g/mol. The van der Waals surface area contributed by atoms with Gasteiger partial charge < -0.3 is 4.89 Å². The summed E-state index contributed by atoms with van der Waals surface area (Å²) in [5, 5.41) is 0. The Morgan fingerprint density at radius 3 is 1.26 bits per heavy atom. The van der Waals surface area contributed by atoms with Gasteiger partial charge in [-0.25, -0.2) is 4.57 Å². The van der Waals surface area contributed by atoms with Crippen LogP contribution >= 0.6 is 54.2 Å². The van der Waals surface area contributed by atoms with Gasteiger partial charge in [-0.1, -0.05) is 0 Å². The summed E-state index contributed by atoms with van der Waals surface area (Å²) in [5.74, 6) is 1.03. The first-order valence-electron chi connectivity index (χ1n) is 5.89. The largest absolute Gasteiger partial charge is 0.473 e. The van der Waals surface area contributed by atoms with Gasteiger partial charge in [0.2, 0.25) is 0 Å². The number of rotatable bonds is 8. The molecular formula is C10H17Cl4O4P. The molecule has 1 saturated heterocycles. The maximum atomic E-state index is 11.9. The third-order valence-corrected chi connectivity index (χ3v) is 5.32. The Hall–Kier alpha value is 1.27. The molecule has 1 rings (SSSR count). The fourth-order valence-corrected chi connectivity index (χ4v) is 5.42. The van der Waals surface area contributed by atoms with E-state index in [-0.39, 0.29) is 23.5 Å². The highest BCUT2D eigenvalue weighted by molar-refractivity contribution is 7.47. The molecule has 4 nitrogen and oxygen atoms in total. The van der Waals surface area contributed by atoms with Crippen LogP contribution in [0.3, 0.4) is 0 Å². The molecule has 9 heteroatoms. The normalized spacial score (nSPS) is 23.6. The van der Waals surface area contributed by atoms with E-state index in [0.717, 1.165) is 0 Å². The van der Waals surface area contributed by atoms with Crippen LogP contribution < -0.4 is 0 Å². The van der Waals surface area contributed by atoms with Gasteiger partial charge in [0.25, 0.3) is 0 Å². The van der Waals surface area contributed by atoms with Crippen LogP contribution in [0.25, 0.3) is 0 Å². The maximum absolute atomic E-state index is 11.9. The van der Waals surface area contributed by atoms with Crippen molar-refractivity contribution in [2.45, 2.75) is 36.9 Å². The van der Waals surface area contributed by atoms with Gasteiger partial charge in [-0.2, -0.15) is 0 Å². The van der Waals surface area contributed by atoms with E-state index >= 15 is 0 Å². The summed E-state index contributed by atoms with van der Waals surface area (Å²) >= 11 is 23.2. The summed E-state index contributed by atoms with van der Waals surface area (Å²) in [7, 11) is -4.14. The van der Waals surface area contributed by atoms with Crippen LogP contribution in [-0.4, -0.2) is 39.6 Å². The van der Waals surface area contributed by atoms with Gasteiger partial charge >= 0.3 is 7.82 Å². The Morgan fingerprint density at radius 1 is 0.789 bits per heavy atom. The highest BCUT2D eigenvalue weighted by Gasteiger charge is 2.63. The first-order valence-corrected chi connectivity index (χ1v) is 9.52. The monoisotopic (exact) mass is 372 g/mol. The minimum atomic E-state index is -4.14. The van der Waals surface area contributed by atoms with E-state index in [9.17, 15) is 9.46 Å². The van der Waals surface area contributed by atoms with Crippen LogP contribution in [0.1, 0.15) is 25.7 Å². The zero-order chi connectivity index (χ0) is 14.6. The molecule has 0 aromatic rings. The van der Waals surface area contributed by atoms with Crippen LogP contribution in [0.4, 0.5) is 0 Å². The number of hydrogen-bond acceptors (Lipinski definition) is 3. The fraction of sp³-hybridized carbons (Fsp3) is 1.00. The summed E-state index contributed by atoms with van der Waals surface area (Å²) in [6.45, 7) is 0. The molecule has 1 heterocycles. The Bertz CT molecular complexity index is 301. The molecule has 1 N–H and O–H groups in total. The molecule has 0 aromatic carbocycles. The first kappa shape index (κ1) is 18.3. The number of halogens is 4. The lowest BCUT2D eigenvalue weighted by Crippen LogP contribution is -2.53. The number of hydrogen-bond donors (Lipinski definition) is 1. The fourth-order valence-electron chi connectivity index (χ4n) is 2.58. The summed E-state index contributed by atoms with van der Waals surface area (Å²) < 4.78 is 22.6. The third-order valence-electron chi connectivity index (χ3n) is 3.40. The lowest BCUT2D eigenvalue weighted by molar-refractivity contribution is -0.0578. The molecule has 114 valence electrons. The Morgan fingerprint density at radius 2 is 1.05 bits per heavy atom. The van der Waals surface area contributed by atoms with Crippen LogP contribution in [0.2, 0.25) is 0 Å². The molecule has 19 heavy (non-hydrogen) atoms. The molecule has 0 aromatic heterocycles. The van der Waals surface area contributed by atoms with Crippen molar-refractivity contribution in [3.8, 4) is 0 Å². The summed E-state index contributed by atoms with van der Waals surface area (Å²) in [6, 6.07) is 0. The smallest absolute Gasteiger partial charge is 0.302 e. The lowest BCUT2D eigenvalue weighted by atomic mass is 9.75. The van der Waals surface area contributed by atoms with Crippen molar-refractivity contribution in [3.05, 3.63) is 0 Å². The first-order chi connectivity index (χ1) is 8.91. The van der Waals surface area contributed by atoms with Crippen LogP contribution in [0, 0.1) is 0 Å². The molecule has 0 amide bonds. The number of phosphoric ester groups is 1. The second-order valence-electron chi connectivity index (χ2n) is 4.40. The topological polar surface area (TPSA) is 55.8 Å². The molecule has 0 unspecified atom stereocenters. The predicted octanol–water partition coefficient (Wildman–Crippen LogP) is 4.13. The van der Waals surface area contributed by atoms with Crippen molar-refractivity contribution in [2.24, 2.45) is 0 Å². The van der Waals surface area contributed by atoms with Gasteiger partial charge in [0.1, 0.15) is 11.2 Å². The zero-order valence-corrected chi connectivity index (χ0v) is 14.2. The standard InChI is InChI=1S/C10H17Cl4O4P/c11-5-1-9(2-6-12)10(3-7-13,4-8-14)18-19(15,16)17-9/h1-8H2,(H,15,16). The number of phosphoric acid groups is 1. The SMILES string of the molecule is O=P1(O)OC(CCCl)(CCCl)C(CCCl)(CCCl)O1. The second kappa shape index (κ2) is 7.51. The van der Waals surface area contributed by atoms with Crippen molar-refractivity contribution in [3.63, 3.8) is 0 Å². The highest BCUT2D eigenvalue weighted by Crippen LogP contribution is 2.65. The van der Waals surface area contributed by atoms with Gasteiger partial charge in [0.05, 0.1) is 0 Å². The van der Waals surface area contributed by atoms with E-state index in [1.54, 1.807) is 0 Å². The summed E-state index contributed by atoms with van der Waals surface area (Å²) in [5.41, 5.74) is -2.05. The Kier molecular flexibility index (Phi) is 7.24. The van der Waals surface area contributed by atoms with Crippen LogP contribution in [0.15, 0.2) is 0 Å². The maximum Gasteiger partial charge on any atom is 0.473 e.